The lowest BCUT2D eigenvalue weighted by Gasteiger charge is -2.21. The van der Waals surface area contributed by atoms with Gasteiger partial charge in [0.05, 0.1) is 0 Å². The molecule has 0 atom stereocenters. The lowest BCUT2D eigenvalue weighted by Crippen LogP contribution is -2.40. The second-order valence-corrected chi connectivity index (χ2v) is 15.9. The molecule has 0 spiro atoms. The van der Waals surface area contributed by atoms with Crippen LogP contribution in [0, 0.1) is 0 Å². The summed E-state index contributed by atoms with van der Waals surface area (Å²) >= 11 is 33.0. The Labute approximate surface area is 85.3 Å². The highest BCUT2D eigenvalue weighted by molar-refractivity contribution is 7.70. The Morgan fingerprint density at radius 2 is 1.44 bits per heavy atom. The van der Waals surface area contributed by atoms with E-state index in [0.29, 0.717) is 0 Å². The molecule has 0 heterocycles. The van der Waals surface area contributed by atoms with Crippen molar-refractivity contribution in [1.82, 2.24) is 0 Å². The topological polar surface area (TPSA) is 0 Å². The molecule has 0 nitrogen and oxygen atoms in total. The Morgan fingerprint density at radius 1 is 1.11 bits per heavy atom. The third-order valence-corrected chi connectivity index (χ3v) is 15.7. The number of hydrogen-bond donors (Lipinski definition) is 0. The van der Waals surface area contributed by atoms with E-state index in [0.717, 1.165) is 0 Å². The summed E-state index contributed by atoms with van der Waals surface area (Å²) in [7, 11) is -1.19. The first-order valence-corrected chi connectivity index (χ1v) is 10.5. The van der Waals surface area contributed by atoms with Crippen molar-refractivity contribution in [3.63, 3.8) is 0 Å². The van der Waals surface area contributed by atoms with Gasteiger partial charge in [-0.1, -0.05) is 0 Å². The minimum atomic E-state index is -3.01. The van der Waals surface area contributed by atoms with Crippen molar-refractivity contribution in [3.8, 4) is 0 Å². The zero-order valence-corrected chi connectivity index (χ0v) is 10.9. The van der Waals surface area contributed by atoms with Crippen molar-refractivity contribution >= 4 is 82.4 Å². The van der Waals surface area contributed by atoms with E-state index in [1.165, 1.54) is 0 Å². The molecule has 0 radical (unpaired) electrons. The molecular weight excluding hydrogens is 281 g/mol. The van der Waals surface area contributed by atoms with Gasteiger partial charge in [0, 0.05) is 0 Å². The number of hydrogen-bond acceptors (Lipinski definition) is 0. The smallest absolute Gasteiger partial charge is 0.173 e. The third kappa shape index (κ3) is 3.38. The van der Waals surface area contributed by atoms with Gasteiger partial charge in [-0.25, -0.2) is 0 Å². The van der Waals surface area contributed by atoms with Crippen molar-refractivity contribution < 1.29 is 0 Å². The average Bonchev–Trinajstić information content (AvgIpc) is 1.64. The Kier molecular flexibility index (Phi) is 4.62. The Morgan fingerprint density at radius 3 is 1.44 bits per heavy atom. The van der Waals surface area contributed by atoms with Gasteiger partial charge in [0.2, 0.25) is 0 Å². The maximum absolute atomic E-state index is 5.56. The molecule has 0 amide bonds. The summed E-state index contributed by atoms with van der Waals surface area (Å²) in [5, 5.41) is 0. The van der Waals surface area contributed by atoms with Crippen LogP contribution in [-0.2, 0) is 0 Å². The summed E-state index contributed by atoms with van der Waals surface area (Å²) in [6.45, 7) is 0. The van der Waals surface area contributed by atoms with Crippen LogP contribution in [0.4, 0.5) is 0 Å². The van der Waals surface area contributed by atoms with Crippen molar-refractivity contribution in [2.75, 3.05) is 0 Å². The summed E-state index contributed by atoms with van der Waals surface area (Å²) in [5.41, 5.74) is 0. The normalized spacial score (nSPS) is 15.3. The second-order valence-electron chi connectivity index (χ2n) is 1.34. The Balaban J connectivity index is 4.14. The maximum atomic E-state index is 5.56. The Hall–Kier alpha value is 2.17. The second kappa shape index (κ2) is 3.72. The average molecular weight is 283 g/mol. The molecule has 0 fully saturated rings. The molecule has 0 aliphatic rings. The van der Waals surface area contributed by atoms with Crippen LogP contribution in [0.1, 0.15) is 0 Å². The molecule has 0 N–H and O–H groups in total. The molecule has 9 heavy (non-hydrogen) atoms. The summed E-state index contributed by atoms with van der Waals surface area (Å²) in [6, 6.07) is -3.01. The van der Waals surface area contributed by atoms with Gasteiger partial charge >= 0.3 is 6.00 Å². The van der Waals surface area contributed by atoms with E-state index in [9.17, 15) is 0 Å². The quantitative estimate of drug-likeness (QED) is 0.415. The first kappa shape index (κ1) is 11.2. The zero-order chi connectivity index (χ0) is 7.71. The molecule has 0 aromatic carbocycles. The fraction of sp³-hybridized carbons (Fsp3) is 1.00. The summed E-state index contributed by atoms with van der Waals surface area (Å²) in [4.78, 5) is 0. The van der Waals surface area contributed by atoms with Crippen LogP contribution >= 0.6 is 67.5 Å². The lowest BCUT2D eigenvalue weighted by molar-refractivity contribution is 1.69. The van der Waals surface area contributed by atoms with Crippen LogP contribution in [-0.4, -0.2) is 18.4 Å². The van der Waals surface area contributed by atoms with Crippen LogP contribution in [0.25, 0.3) is 0 Å². The first-order valence-electron chi connectivity index (χ1n) is 1.82. The minimum absolute atomic E-state index is 1.19. The van der Waals surface area contributed by atoms with Crippen molar-refractivity contribution in [2.45, 2.75) is 3.58 Å². The molecule has 0 aliphatic carbocycles. The molecule has 0 saturated heterocycles. The van der Waals surface area contributed by atoms with Gasteiger partial charge in [0.25, 0.3) is 0 Å². The maximum Gasteiger partial charge on any atom is 0.373 e. The molecular formula is CH2Cl6Si2. The van der Waals surface area contributed by atoms with E-state index in [4.69, 9.17) is 67.5 Å². The number of rotatable bonds is 2. The van der Waals surface area contributed by atoms with Crippen LogP contribution in [0.15, 0.2) is 0 Å². The van der Waals surface area contributed by atoms with E-state index in [1.54, 1.807) is 0 Å². The number of halogens is 6. The largest absolute Gasteiger partial charge is 0.373 e. The highest BCUT2D eigenvalue weighted by atomic mass is 35.8. The molecule has 0 aromatic heterocycles. The number of alkyl halides is 2. The molecule has 0 bridgehead atoms. The fourth-order valence-electron chi connectivity index (χ4n) is 0.0758. The fourth-order valence-corrected chi connectivity index (χ4v) is 6.14. The van der Waals surface area contributed by atoms with E-state index >= 15 is 0 Å². The van der Waals surface area contributed by atoms with Crippen molar-refractivity contribution in [1.29, 1.82) is 0 Å². The predicted octanol–water partition coefficient (Wildman–Crippen LogP) is 2.63. The van der Waals surface area contributed by atoms with Crippen LogP contribution < -0.4 is 0 Å². The molecule has 0 aliphatic heterocycles. The lowest BCUT2D eigenvalue weighted by atomic mass is 11.8. The zero-order valence-electron chi connectivity index (χ0n) is 3.97. The van der Waals surface area contributed by atoms with Gasteiger partial charge in [-0.2, -0.15) is 11.1 Å². The monoisotopic (exact) mass is 280 g/mol. The predicted molar refractivity (Wildman–Crippen MR) is 52.1 cm³/mol. The van der Waals surface area contributed by atoms with Crippen LogP contribution in [0.5, 0.6) is 0 Å². The van der Waals surface area contributed by atoms with E-state index < -0.39 is 18.4 Å². The minimum Gasteiger partial charge on any atom is -0.173 e. The van der Waals surface area contributed by atoms with E-state index in [2.05, 4.69) is 0 Å². The molecule has 8 heteroatoms. The van der Waals surface area contributed by atoms with Crippen LogP contribution in [0.2, 0.25) is 0 Å². The SMILES string of the molecule is Cl[SiH2]C(Cl)(Cl)[Si](Cl)(Cl)Cl. The Bertz CT molecular complexity index is 93.7. The molecule has 0 rings (SSSR count). The molecule has 0 unspecified atom stereocenters. The van der Waals surface area contributed by atoms with Gasteiger partial charge < -0.3 is 0 Å². The van der Waals surface area contributed by atoms with Gasteiger partial charge in [-0.15, -0.1) is 56.4 Å². The van der Waals surface area contributed by atoms with Gasteiger partial charge in [-0.05, 0) is 0 Å². The third-order valence-electron chi connectivity index (χ3n) is 0.583. The summed E-state index contributed by atoms with van der Waals surface area (Å²) in [6.07, 6.45) is 0. The standard InChI is InChI=1S/CH2Cl6Si2/c2-1(3,8-4)9(5,6)7/h8H2. The first-order chi connectivity index (χ1) is 3.81. The van der Waals surface area contributed by atoms with Gasteiger partial charge in [0.1, 0.15) is 0 Å². The molecule has 56 valence electrons. The van der Waals surface area contributed by atoms with Gasteiger partial charge in [0.15, 0.2) is 12.4 Å². The van der Waals surface area contributed by atoms with Crippen molar-refractivity contribution in [2.24, 2.45) is 0 Å². The molecule has 0 aromatic rings. The highest BCUT2D eigenvalue weighted by Crippen LogP contribution is 2.40. The van der Waals surface area contributed by atoms with Crippen LogP contribution in [0.3, 0.4) is 0 Å². The highest BCUT2D eigenvalue weighted by Gasteiger charge is 2.49. The van der Waals surface area contributed by atoms with E-state index in [-0.39, 0.29) is 0 Å². The van der Waals surface area contributed by atoms with E-state index in [1.807, 2.05) is 0 Å². The van der Waals surface area contributed by atoms with Gasteiger partial charge in [-0.3, -0.25) is 0 Å². The molecule has 0 saturated carbocycles. The summed E-state index contributed by atoms with van der Waals surface area (Å²) < 4.78 is -1.24. The summed E-state index contributed by atoms with van der Waals surface area (Å²) in [5.74, 6) is 0. The van der Waals surface area contributed by atoms with Crippen molar-refractivity contribution in [3.05, 3.63) is 0 Å².